The zero-order chi connectivity index (χ0) is 38.0. The summed E-state index contributed by atoms with van der Waals surface area (Å²) in [5.74, 6) is 1.17. The van der Waals surface area contributed by atoms with Gasteiger partial charge in [-0.15, -0.1) is 0 Å². The molecule has 0 aliphatic heterocycles. The molecule has 1 aromatic rings. The van der Waals surface area contributed by atoms with E-state index in [1.54, 1.807) is 0 Å². The molecule has 0 radical (unpaired) electrons. The third-order valence-electron chi connectivity index (χ3n) is 5.32. The van der Waals surface area contributed by atoms with Crippen LogP contribution in [-0.4, -0.2) is 86.6 Å². The van der Waals surface area contributed by atoms with Crippen LogP contribution in [0.1, 0.15) is 5.56 Å². The minimum atomic E-state index is -3.29. The Morgan fingerprint density at radius 1 is 0.417 bits per heavy atom. The summed E-state index contributed by atoms with van der Waals surface area (Å²) in [6.07, 6.45) is 0. The molecule has 9 nitrogen and oxygen atoms in total. The van der Waals surface area contributed by atoms with Crippen molar-refractivity contribution in [2.75, 3.05) is 0 Å². The summed E-state index contributed by atoms with van der Waals surface area (Å²) in [5, 5.41) is 0.675. The lowest BCUT2D eigenvalue weighted by Gasteiger charge is -2.40. The maximum absolute atomic E-state index is 7.16. The maximum atomic E-state index is 7.16. The van der Waals surface area contributed by atoms with Crippen molar-refractivity contribution in [3.05, 3.63) is 35.2 Å². The Morgan fingerprint density at radius 2 is 0.708 bits per heavy atom. The lowest BCUT2D eigenvalue weighted by molar-refractivity contribution is 0.213. The quantitative estimate of drug-likeness (QED) is 0.100. The lowest BCUT2D eigenvalue weighted by Crippen LogP contribution is -2.57. The predicted octanol–water partition coefficient (Wildman–Crippen LogP) is 8.91. The van der Waals surface area contributed by atoms with Crippen LogP contribution < -0.4 is 4.43 Å². The average molecular weight is 844 g/mol. The molecule has 0 N–H and O–H groups in total. The van der Waals surface area contributed by atoms with E-state index < -0.39 is 76.3 Å². The SMILES string of the molecule is C[Si](C)(C)O[Si](C)(OC([SiH3])=C(O[Si](C)(O[Si](C)(C)C)O[Si](C)(C)C)c1ccccc1O[Si](C)(O[Si](C)(C)C)O[Si](C)(C)C)O[Si](C)(C)C. The van der Waals surface area contributed by atoms with Gasteiger partial charge in [0.05, 0.1) is 21.2 Å². The standard InChI is InChI=1S/C29H70O9Si10/c1-40(2,3)33-46(19,34-41(4,5)6)30-27-25-23-22-24-26(27)28(31-47(20,35-42(7,8)9)36-43(10,11)12)29(39)32-48(21,37-44(13,14)15)38-45(16,17)18/h22-25H,1-21,39H3. The molecule has 1 aromatic carbocycles. The molecule has 1 rings (SSSR count). The van der Waals surface area contributed by atoms with Gasteiger partial charge in [0.25, 0.3) is 0 Å². The molecular formula is C29H70O9Si10. The molecule has 0 aliphatic rings. The van der Waals surface area contributed by atoms with Gasteiger partial charge in [-0.3, -0.25) is 0 Å². The van der Waals surface area contributed by atoms with Crippen molar-refractivity contribution in [1.82, 2.24) is 0 Å². The summed E-state index contributed by atoms with van der Waals surface area (Å²) in [4.78, 5) is 0. The molecule has 0 unspecified atom stereocenters. The third-order valence-corrected chi connectivity index (χ3v) is 31.8. The normalized spacial score (nSPS) is 15.4. The van der Waals surface area contributed by atoms with Crippen molar-refractivity contribution in [2.24, 2.45) is 0 Å². The largest absolute Gasteiger partial charge is 0.541 e. The fourth-order valence-electron chi connectivity index (χ4n) is 5.29. The maximum Gasteiger partial charge on any atom is 0.541 e. The van der Waals surface area contributed by atoms with Gasteiger partial charge in [0, 0.05) is 19.6 Å². The minimum absolute atomic E-state index is 0.503. The second-order valence-corrected chi connectivity index (χ2v) is 55.5. The van der Waals surface area contributed by atoms with E-state index in [-0.39, 0.29) is 0 Å². The smallest absolute Gasteiger partial charge is 0.507 e. The van der Waals surface area contributed by atoms with Crippen molar-refractivity contribution in [3.8, 4) is 5.75 Å². The van der Waals surface area contributed by atoms with E-state index in [1.807, 2.05) is 43.9 Å². The lowest BCUT2D eigenvalue weighted by atomic mass is 10.2. The van der Waals surface area contributed by atoms with E-state index in [4.69, 9.17) is 38.0 Å². The Bertz CT molecular complexity index is 1190. The van der Waals surface area contributed by atoms with E-state index in [1.165, 1.54) is 0 Å². The van der Waals surface area contributed by atoms with E-state index in [2.05, 4.69) is 118 Å². The van der Waals surface area contributed by atoms with Crippen molar-refractivity contribution >= 4 is 92.3 Å². The van der Waals surface area contributed by atoms with E-state index in [0.29, 0.717) is 27.1 Å². The molecule has 0 amide bonds. The topological polar surface area (TPSA) is 83.1 Å². The highest BCUT2D eigenvalue weighted by atomic mass is 28.5. The van der Waals surface area contributed by atoms with Gasteiger partial charge in [-0.2, -0.15) is 0 Å². The Balaban J connectivity index is 4.13. The van der Waals surface area contributed by atoms with Gasteiger partial charge >= 0.3 is 26.4 Å². The second kappa shape index (κ2) is 16.1. The van der Waals surface area contributed by atoms with Crippen molar-refractivity contribution in [1.29, 1.82) is 0 Å². The van der Waals surface area contributed by atoms with E-state index >= 15 is 0 Å². The van der Waals surface area contributed by atoms with Gasteiger partial charge in [-0.25, -0.2) is 0 Å². The van der Waals surface area contributed by atoms with E-state index in [9.17, 15) is 0 Å². The first-order valence-electron chi connectivity index (χ1n) is 17.0. The molecule has 19 heteroatoms. The molecule has 0 atom stereocenters. The summed E-state index contributed by atoms with van der Waals surface area (Å²) in [5.41, 5.74) is 0.744. The van der Waals surface area contributed by atoms with Crippen LogP contribution in [0, 0.1) is 0 Å². The zero-order valence-corrected chi connectivity index (χ0v) is 45.5. The first kappa shape index (κ1) is 46.3. The fraction of sp³-hybridized carbons (Fsp3) is 0.724. The molecule has 0 aromatic heterocycles. The van der Waals surface area contributed by atoms with Crippen LogP contribution >= 0.6 is 0 Å². The molecule has 0 heterocycles. The molecular weight excluding hydrogens is 773 g/mol. The molecule has 48 heavy (non-hydrogen) atoms. The van der Waals surface area contributed by atoms with Gasteiger partial charge in [-0.05, 0) is 130 Å². The highest BCUT2D eigenvalue weighted by molar-refractivity contribution is 6.87. The van der Waals surface area contributed by atoms with Gasteiger partial charge in [0.2, 0.25) is 0 Å². The number of hydrogen-bond donors (Lipinski definition) is 0. The van der Waals surface area contributed by atoms with Crippen LogP contribution in [0.25, 0.3) is 5.76 Å². The molecule has 0 spiro atoms. The van der Waals surface area contributed by atoms with Crippen LogP contribution in [0.4, 0.5) is 0 Å². The number of benzene rings is 1. The summed E-state index contributed by atoms with van der Waals surface area (Å²) < 4.78 is 61.9. The van der Waals surface area contributed by atoms with Crippen LogP contribution in [0.15, 0.2) is 29.6 Å². The summed E-state index contributed by atoms with van der Waals surface area (Å²) in [6.45, 7) is 45.1. The van der Waals surface area contributed by atoms with Crippen LogP contribution in [0.3, 0.4) is 0 Å². The third kappa shape index (κ3) is 19.2. The Labute approximate surface area is 307 Å². The van der Waals surface area contributed by atoms with Gasteiger partial charge < -0.3 is 38.0 Å². The van der Waals surface area contributed by atoms with Crippen LogP contribution in [0.5, 0.6) is 5.75 Å². The van der Waals surface area contributed by atoms with Gasteiger partial charge in [0.15, 0.2) is 49.9 Å². The predicted molar refractivity (Wildman–Crippen MR) is 228 cm³/mol. The summed E-state index contributed by atoms with van der Waals surface area (Å²) >= 11 is 0. The Kier molecular flexibility index (Phi) is 15.5. The minimum Gasteiger partial charge on any atom is -0.507 e. The van der Waals surface area contributed by atoms with Crippen molar-refractivity contribution < 1.29 is 38.0 Å². The fourth-order valence-corrected chi connectivity index (χ4v) is 38.2. The highest BCUT2D eigenvalue weighted by Gasteiger charge is 2.50. The molecule has 0 saturated heterocycles. The van der Waals surface area contributed by atoms with Gasteiger partial charge in [-0.1, -0.05) is 12.1 Å². The monoisotopic (exact) mass is 842 g/mol. The first-order chi connectivity index (χ1) is 20.9. The number of rotatable bonds is 19. The first-order valence-corrected chi connectivity index (χ1v) is 45.1. The van der Waals surface area contributed by atoms with E-state index in [0.717, 1.165) is 5.56 Å². The number of hydrogen-bond acceptors (Lipinski definition) is 9. The van der Waals surface area contributed by atoms with Crippen molar-refractivity contribution in [3.63, 3.8) is 0 Å². The van der Waals surface area contributed by atoms with Crippen molar-refractivity contribution in [2.45, 2.75) is 137 Å². The molecule has 0 aliphatic carbocycles. The Hall–Kier alpha value is 0.289. The molecule has 0 saturated carbocycles. The number of para-hydroxylation sites is 1. The highest BCUT2D eigenvalue weighted by Crippen LogP contribution is 2.37. The van der Waals surface area contributed by atoms with Crippen LogP contribution in [0.2, 0.25) is 137 Å². The van der Waals surface area contributed by atoms with Gasteiger partial charge in [0.1, 0.15) is 11.5 Å². The molecule has 0 bridgehead atoms. The molecule has 0 fully saturated rings. The zero-order valence-electron chi connectivity index (χ0n) is 34.5. The summed E-state index contributed by atoms with van der Waals surface area (Å²) in [7, 11) is -21.6. The average Bonchev–Trinajstić information content (AvgIpc) is 2.69. The Morgan fingerprint density at radius 3 is 1.04 bits per heavy atom. The molecule has 280 valence electrons. The second-order valence-electron chi connectivity index (χ2n) is 18.6. The van der Waals surface area contributed by atoms with Crippen LogP contribution in [-0.2, 0) is 33.5 Å². The summed E-state index contributed by atoms with van der Waals surface area (Å²) in [6, 6.07) is 7.94.